The second kappa shape index (κ2) is 8.74. The van der Waals surface area contributed by atoms with Crippen LogP contribution in [-0.2, 0) is 16.1 Å². The van der Waals surface area contributed by atoms with Gasteiger partial charge in [0.2, 0.25) is 0 Å². The molecule has 2 aromatic heterocycles. The average molecular weight is 438 g/mol. The summed E-state index contributed by atoms with van der Waals surface area (Å²) >= 11 is 0. The summed E-state index contributed by atoms with van der Waals surface area (Å²) in [6.07, 6.45) is 5.39. The summed E-state index contributed by atoms with van der Waals surface area (Å²) in [4.78, 5) is 23.2. The molecule has 0 radical (unpaired) electrons. The van der Waals surface area contributed by atoms with Crippen LogP contribution in [0.15, 0.2) is 54.1 Å². The van der Waals surface area contributed by atoms with Crippen molar-refractivity contribution < 1.29 is 18.8 Å². The maximum absolute atomic E-state index is 14.9. The molecule has 9 nitrogen and oxygen atoms in total. The smallest absolute Gasteiger partial charge is 0.414 e. The third-order valence-electron chi connectivity index (χ3n) is 4.61. The molecule has 0 aliphatic carbocycles. The van der Waals surface area contributed by atoms with Crippen molar-refractivity contribution in [2.75, 3.05) is 11.4 Å². The van der Waals surface area contributed by atoms with Gasteiger partial charge in [0.15, 0.2) is 0 Å². The van der Waals surface area contributed by atoms with E-state index in [4.69, 9.17) is 9.57 Å². The maximum atomic E-state index is 14.9. The highest BCUT2D eigenvalue weighted by atomic mass is 19.1. The van der Waals surface area contributed by atoms with Gasteiger partial charge in [-0.15, -0.1) is 5.10 Å². The molecule has 3 aromatic rings. The minimum Gasteiger partial charge on any atom is -0.442 e. The zero-order valence-electron chi connectivity index (χ0n) is 18.0. The predicted octanol–water partition coefficient (Wildman–Crippen LogP) is 3.65. The molecule has 1 fully saturated rings. The molecule has 3 heterocycles. The summed E-state index contributed by atoms with van der Waals surface area (Å²) in [6.45, 7) is 6.36. The number of carbonyl (C=O) groups excluding carboxylic acids is 1. The fourth-order valence-electron chi connectivity index (χ4n) is 3.15. The monoisotopic (exact) mass is 438 g/mol. The van der Waals surface area contributed by atoms with Crippen LogP contribution in [0, 0.1) is 5.82 Å². The van der Waals surface area contributed by atoms with Gasteiger partial charge < -0.3 is 9.57 Å². The van der Waals surface area contributed by atoms with Crippen LogP contribution < -0.4 is 4.90 Å². The highest BCUT2D eigenvalue weighted by Crippen LogP contribution is 2.29. The van der Waals surface area contributed by atoms with E-state index in [9.17, 15) is 9.18 Å². The van der Waals surface area contributed by atoms with Crippen molar-refractivity contribution in [1.29, 1.82) is 0 Å². The Hall–Kier alpha value is -3.82. The molecule has 0 unspecified atom stereocenters. The van der Waals surface area contributed by atoms with E-state index in [0.29, 0.717) is 35.6 Å². The first-order chi connectivity index (χ1) is 15.3. The molecule has 1 aliphatic rings. The van der Waals surface area contributed by atoms with Gasteiger partial charge in [-0.1, -0.05) is 16.4 Å². The Bertz CT molecular complexity index is 1110. The first-order valence-electron chi connectivity index (χ1n) is 10.1. The number of oxime groups is 1. The van der Waals surface area contributed by atoms with Crippen LogP contribution in [0.3, 0.4) is 0 Å². The number of nitrogens with zero attached hydrogens (tertiary/aromatic N) is 6. The summed E-state index contributed by atoms with van der Waals surface area (Å²) in [5.74, 6) is -0.464. The molecule has 4 rings (SSSR count). The number of carbonyl (C=O) groups is 1. The number of benzene rings is 1. The van der Waals surface area contributed by atoms with Gasteiger partial charge in [-0.3, -0.25) is 9.88 Å². The zero-order valence-corrected chi connectivity index (χ0v) is 18.0. The molecule has 0 N–H and O–H groups in total. The van der Waals surface area contributed by atoms with Crippen molar-refractivity contribution in [3.05, 3.63) is 60.4 Å². The molecule has 1 atom stereocenters. The van der Waals surface area contributed by atoms with Crippen molar-refractivity contribution in [2.45, 2.75) is 39.0 Å². The van der Waals surface area contributed by atoms with Gasteiger partial charge >= 0.3 is 6.09 Å². The zero-order chi connectivity index (χ0) is 22.7. The van der Waals surface area contributed by atoms with Gasteiger partial charge in [0.1, 0.15) is 17.5 Å². The fourth-order valence-corrected chi connectivity index (χ4v) is 3.15. The number of hydrogen-bond acceptors (Lipinski definition) is 7. The first-order valence-corrected chi connectivity index (χ1v) is 10.1. The number of halogens is 1. The number of anilines is 1. The second-order valence-electron chi connectivity index (χ2n) is 8.32. The number of hydrogen-bond donors (Lipinski definition) is 0. The highest BCUT2D eigenvalue weighted by molar-refractivity contribution is 5.90. The molecular formula is C22H23FN6O3. The normalized spacial score (nSPS) is 16.6. The molecule has 166 valence electrons. The second-order valence-corrected chi connectivity index (χ2v) is 8.32. The molecule has 1 amide bonds. The third-order valence-corrected chi connectivity index (χ3v) is 4.61. The summed E-state index contributed by atoms with van der Waals surface area (Å²) in [5, 5.41) is 11.5. The Balaban J connectivity index is 1.44. The van der Waals surface area contributed by atoms with Crippen LogP contribution >= 0.6 is 0 Å². The lowest BCUT2D eigenvalue weighted by Crippen LogP contribution is -2.26. The molecule has 0 saturated carbocycles. The van der Waals surface area contributed by atoms with E-state index in [1.807, 2.05) is 20.8 Å². The Morgan fingerprint density at radius 2 is 2.16 bits per heavy atom. The van der Waals surface area contributed by atoms with Gasteiger partial charge in [0, 0.05) is 23.5 Å². The predicted molar refractivity (Wildman–Crippen MR) is 116 cm³/mol. The largest absolute Gasteiger partial charge is 0.442 e. The summed E-state index contributed by atoms with van der Waals surface area (Å²) in [6, 6.07) is 8.10. The van der Waals surface area contributed by atoms with Crippen LogP contribution in [0.2, 0.25) is 0 Å². The van der Waals surface area contributed by atoms with E-state index >= 15 is 0 Å². The summed E-state index contributed by atoms with van der Waals surface area (Å²) in [5.41, 5.74) is 1.61. The molecule has 1 aliphatic heterocycles. The summed E-state index contributed by atoms with van der Waals surface area (Å²) in [7, 11) is 0. The van der Waals surface area contributed by atoms with E-state index in [0.717, 1.165) is 0 Å². The Morgan fingerprint density at radius 3 is 2.81 bits per heavy atom. The summed E-state index contributed by atoms with van der Waals surface area (Å²) < 4.78 is 21.8. The van der Waals surface area contributed by atoms with Gasteiger partial charge in [0.25, 0.3) is 0 Å². The average Bonchev–Trinajstić information content (AvgIpc) is 3.37. The van der Waals surface area contributed by atoms with Crippen molar-refractivity contribution in [2.24, 2.45) is 5.16 Å². The van der Waals surface area contributed by atoms with E-state index < -0.39 is 18.0 Å². The van der Waals surface area contributed by atoms with Crippen molar-refractivity contribution >= 4 is 18.0 Å². The molecule has 32 heavy (non-hydrogen) atoms. The Labute approximate surface area is 184 Å². The van der Waals surface area contributed by atoms with E-state index in [1.165, 1.54) is 17.2 Å². The van der Waals surface area contributed by atoms with Gasteiger partial charge in [-0.2, -0.15) is 0 Å². The van der Waals surface area contributed by atoms with Crippen molar-refractivity contribution in [1.82, 2.24) is 20.0 Å². The highest BCUT2D eigenvalue weighted by Gasteiger charge is 2.33. The lowest BCUT2D eigenvalue weighted by molar-refractivity contribution is 0.00196. The van der Waals surface area contributed by atoms with Crippen LogP contribution in [0.5, 0.6) is 0 Å². The van der Waals surface area contributed by atoms with Crippen LogP contribution in [0.4, 0.5) is 14.9 Å². The maximum Gasteiger partial charge on any atom is 0.414 e. The van der Waals surface area contributed by atoms with Gasteiger partial charge in [-0.05, 0) is 45.0 Å². The molecule has 1 saturated heterocycles. The lowest BCUT2D eigenvalue weighted by Gasteiger charge is -2.15. The minimum absolute atomic E-state index is 0.295. The van der Waals surface area contributed by atoms with Crippen LogP contribution in [0.1, 0.15) is 26.5 Å². The number of pyridine rings is 1. The fraction of sp³-hybridized carbons (Fsp3) is 0.318. The van der Waals surface area contributed by atoms with Gasteiger partial charge in [-0.25, -0.2) is 13.9 Å². The number of amides is 1. The quantitative estimate of drug-likeness (QED) is 0.431. The molecule has 0 bridgehead atoms. The standard InChI is InChI=1S/C22H23FN6O3/c1-22(2,3)32-26-12-16-5-4-15(11-24-16)19-7-6-17(10-20(19)23)29-14-18(31-21(29)30)13-28-9-8-25-27-28/h4-12,18H,13-14H2,1-3H3/b26-12+/t18-/m0/s1. The first kappa shape index (κ1) is 21.4. The van der Waals surface area contributed by atoms with E-state index in [-0.39, 0.29) is 5.60 Å². The molecule has 10 heteroatoms. The van der Waals surface area contributed by atoms with E-state index in [2.05, 4.69) is 20.5 Å². The Morgan fingerprint density at radius 1 is 1.31 bits per heavy atom. The molecule has 1 aromatic carbocycles. The minimum atomic E-state index is -0.523. The topological polar surface area (TPSA) is 94.7 Å². The number of aromatic nitrogens is 4. The number of rotatable bonds is 6. The van der Waals surface area contributed by atoms with E-state index in [1.54, 1.807) is 47.5 Å². The SMILES string of the molecule is CC(C)(C)O/N=C/c1ccc(-c2ccc(N3C[C@H](Cn4ccnn4)OC3=O)cc2F)cn1. The number of ether oxygens (including phenoxy) is 1. The van der Waals surface area contributed by atoms with Crippen molar-refractivity contribution in [3.63, 3.8) is 0 Å². The van der Waals surface area contributed by atoms with Crippen LogP contribution in [0.25, 0.3) is 11.1 Å². The molecular weight excluding hydrogens is 415 g/mol. The van der Waals surface area contributed by atoms with Crippen LogP contribution in [-0.4, -0.2) is 50.5 Å². The number of cyclic esters (lactones) is 1. The lowest BCUT2D eigenvalue weighted by atomic mass is 10.1. The Kier molecular flexibility index (Phi) is 5.85. The van der Waals surface area contributed by atoms with Gasteiger partial charge in [0.05, 0.1) is 36.9 Å². The third kappa shape index (κ3) is 5.08. The molecule has 0 spiro atoms. The van der Waals surface area contributed by atoms with Crippen molar-refractivity contribution in [3.8, 4) is 11.1 Å².